The maximum Gasteiger partial charge on any atom is 0.276 e. The predicted molar refractivity (Wildman–Crippen MR) is 69.0 cm³/mol. The maximum absolute atomic E-state index is 11.8. The molecule has 2 N–H and O–H groups in total. The van der Waals surface area contributed by atoms with E-state index >= 15 is 0 Å². The molecule has 1 amide bonds. The quantitative estimate of drug-likeness (QED) is 0.870. The average Bonchev–Trinajstić information content (AvgIpc) is 2.33. The lowest BCUT2D eigenvalue weighted by atomic mass is 10.2. The Bertz CT molecular complexity index is 632. The molecule has 1 heterocycles. The third kappa shape index (κ3) is 2.75. The fraction of sp³-hybridized carbons (Fsp3) is 0.0833. The number of halogens is 1. The van der Waals surface area contributed by atoms with Gasteiger partial charge in [-0.15, -0.1) is 0 Å². The van der Waals surface area contributed by atoms with E-state index in [0.717, 1.165) is 5.56 Å². The zero-order valence-electron chi connectivity index (χ0n) is 9.53. The first kappa shape index (κ1) is 12.3. The summed E-state index contributed by atoms with van der Waals surface area (Å²) in [4.78, 5) is 22.6. The molecule has 1 aromatic heterocycles. The van der Waals surface area contributed by atoms with Crippen molar-refractivity contribution in [2.75, 3.05) is 5.32 Å². The first-order chi connectivity index (χ1) is 8.56. The van der Waals surface area contributed by atoms with Gasteiger partial charge in [-0.1, -0.05) is 17.7 Å². The number of nitrogens with zero attached hydrogens (tertiary/aromatic N) is 1. The van der Waals surface area contributed by atoms with E-state index in [4.69, 9.17) is 11.6 Å². The summed E-state index contributed by atoms with van der Waals surface area (Å²) in [5.74, 6) is -0.433. The van der Waals surface area contributed by atoms with Crippen LogP contribution in [0.1, 0.15) is 16.1 Å². The highest BCUT2D eigenvalue weighted by atomic mass is 35.5. The Hall–Kier alpha value is -2.14. The lowest BCUT2D eigenvalue weighted by molar-refractivity contribution is 0.102. The first-order valence-corrected chi connectivity index (χ1v) is 5.57. The van der Waals surface area contributed by atoms with Crippen molar-refractivity contribution in [3.05, 3.63) is 57.0 Å². The van der Waals surface area contributed by atoms with E-state index in [1.54, 1.807) is 12.1 Å². The van der Waals surface area contributed by atoms with Gasteiger partial charge in [0.05, 0.1) is 10.7 Å². The molecule has 0 radical (unpaired) electrons. The van der Waals surface area contributed by atoms with E-state index in [0.29, 0.717) is 10.7 Å². The molecule has 6 heteroatoms. The summed E-state index contributed by atoms with van der Waals surface area (Å²) in [5.41, 5.74) is 1.26. The molecule has 0 aliphatic carbocycles. The minimum Gasteiger partial charge on any atom is -0.319 e. The van der Waals surface area contributed by atoms with Gasteiger partial charge >= 0.3 is 0 Å². The van der Waals surface area contributed by atoms with E-state index in [1.807, 2.05) is 13.0 Å². The van der Waals surface area contributed by atoms with Crippen LogP contribution in [0.4, 0.5) is 5.69 Å². The van der Waals surface area contributed by atoms with Crippen LogP contribution in [0.15, 0.2) is 35.1 Å². The summed E-state index contributed by atoms with van der Waals surface area (Å²) in [6.07, 6.45) is 0. The number of hydrogen-bond acceptors (Lipinski definition) is 3. The maximum atomic E-state index is 11.8. The van der Waals surface area contributed by atoms with Crippen LogP contribution in [0.5, 0.6) is 0 Å². The number of aromatic nitrogens is 2. The van der Waals surface area contributed by atoms with Gasteiger partial charge in [0.15, 0.2) is 0 Å². The highest BCUT2D eigenvalue weighted by Gasteiger charge is 2.09. The molecule has 0 fully saturated rings. The third-order valence-electron chi connectivity index (χ3n) is 2.28. The number of nitrogens with one attached hydrogen (secondary N) is 2. The van der Waals surface area contributed by atoms with Crippen LogP contribution in [0, 0.1) is 6.92 Å². The zero-order chi connectivity index (χ0) is 13.1. The van der Waals surface area contributed by atoms with Crippen molar-refractivity contribution in [2.24, 2.45) is 0 Å². The van der Waals surface area contributed by atoms with Gasteiger partial charge in [0.1, 0.15) is 5.69 Å². The van der Waals surface area contributed by atoms with Crippen molar-refractivity contribution in [1.29, 1.82) is 0 Å². The highest BCUT2D eigenvalue weighted by molar-refractivity contribution is 6.34. The molecule has 2 rings (SSSR count). The molecule has 92 valence electrons. The summed E-state index contributed by atoms with van der Waals surface area (Å²) >= 11 is 5.99. The summed E-state index contributed by atoms with van der Waals surface area (Å²) in [7, 11) is 0. The molecule has 0 saturated heterocycles. The number of carbonyl (C=O) groups excluding carboxylic acids is 1. The van der Waals surface area contributed by atoms with Crippen LogP contribution in [0.3, 0.4) is 0 Å². The van der Waals surface area contributed by atoms with Crippen molar-refractivity contribution in [3.63, 3.8) is 0 Å². The molecule has 0 spiro atoms. The van der Waals surface area contributed by atoms with Crippen LogP contribution in [-0.2, 0) is 0 Å². The summed E-state index contributed by atoms with van der Waals surface area (Å²) in [5, 5.41) is 8.89. The predicted octanol–water partition coefficient (Wildman–Crippen LogP) is 1.98. The monoisotopic (exact) mass is 263 g/mol. The Morgan fingerprint density at radius 2 is 2.11 bits per heavy atom. The summed E-state index contributed by atoms with van der Waals surface area (Å²) in [6.45, 7) is 1.90. The number of carbonyl (C=O) groups is 1. The molecule has 0 unspecified atom stereocenters. The molecule has 0 saturated carbocycles. The minimum atomic E-state index is -0.433. The fourth-order valence-corrected chi connectivity index (χ4v) is 1.66. The van der Waals surface area contributed by atoms with Gasteiger partial charge in [-0.25, -0.2) is 5.10 Å². The lowest BCUT2D eigenvalue weighted by Gasteiger charge is -2.06. The lowest BCUT2D eigenvalue weighted by Crippen LogP contribution is -2.17. The van der Waals surface area contributed by atoms with Crippen molar-refractivity contribution < 1.29 is 4.79 Å². The number of aryl methyl sites for hydroxylation is 1. The Morgan fingerprint density at radius 1 is 1.33 bits per heavy atom. The van der Waals surface area contributed by atoms with Crippen molar-refractivity contribution in [1.82, 2.24) is 10.2 Å². The van der Waals surface area contributed by atoms with E-state index in [1.165, 1.54) is 12.1 Å². The van der Waals surface area contributed by atoms with Gasteiger partial charge < -0.3 is 5.32 Å². The van der Waals surface area contributed by atoms with E-state index in [2.05, 4.69) is 15.5 Å². The molecule has 0 aliphatic rings. The second-order valence-corrected chi connectivity index (χ2v) is 4.15. The summed E-state index contributed by atoms with van der Waals surface area (Å²) < 4.78 is 0. The minimum absolute atomic E-state index is 0.117. The zero-order valence-corrected chi connectivity index (χ0v) is 10.3. The second kappa shape index (κ2) is 5.01. The molecule has 0 aliphatic heterocycles. The van der Waals surface area contributed by atoms with Crippen molar-refractivity contribution in [2.45, 2.75) is 6.92 Å². The van der Waals surface area contributed by atoms with Crippen LogP contribution in [-0.4, -0.2) is 16.1 Å². The number of rotatable bonds is 2. The highest BCUT2D eigenvalue weighted by Crippen LogP contribution is 2.22. The first-order valence-electron chi connectivity index (χ1n) is 5.19. The van der Waals surface area contributed by atoms with Crippen molar-refractivity contribution >= 4 is 23.2 Å². The Kier molecular flexibility index (Phi) is 3.43. The number of hydrogen-bond donors (Lipinski definition) is 2. The molecule has 0 atom stereocenters. The largest absolute Gasteiger partial charge is 0.319 e. The number of amides is 1. The molecule has 0 bridgehead atoms. The van der Waals surface area contributed by atoms with Gasteiger partial charge in [0.2, 0.25) is 0 Å². The van der Waals surface area contributed by atoms with Crippen molar-refractivity contribution in [3.8, 4) is 0 Å². The van der Waals surface area contributed by atoms with Gasteiger partial charge in [-0.2, -0.15) is 5.10 Å². The molecule has 5 nitrogen and oxygen atoms in total. The van der Waals surface area contributed by atoms with E-state index in [9.17, 15) is 9.59 Å². The van der Waals surface area contributed by atoms with Gasteiger partial charge in [0, 0.05) is 6.07 Å². The molecular formula is C12H10ClN3O2. The summed E-state index contributed by atoms with van der Waals surface area (Å²) in [6, 6.07) is 7.87. The number of benzene rings is 1. The molecular weight excluding hydrogens is 254 g/mol. The molecule has 1 aromatic carbocycles. The number of H-pyrrole nitrogens is 1. The normalized spacial score (nSPS) is 10.1. The topological polar surface area (TPSA) is 74.8 Å². The third-order valence-corrected chi connectivity index (χ3v) is 2.60. The van der Waals surface area contributed by atoms with E-state index < -0.39 is 5.91 Å². The smallest absolute Gasteiger partial charge is 0.276 e. The Labute approximate surface area is 108 Å². The van der Waals surface area contributed by atoms with Crippen LogP contribution in [0.25, 0.3) is 0 Å². The standard InChI is InChI=1S/C12H10ClN3O2/c1-7-2-3-9(8(13)6-7)14-12(18)10-4-5-11(17)16-15-10/h2-6H,1H3,(H,14,18)(H,16,17). The molecule has 2 aromatic rings. The number of anilines is 1. The Balaban J connectivity index is 2.21. The second-order valence-electron chi connectivity index (χ2n) is 3.74. The van der Waals surface area contributed by atoms with Gasteiger partial charge in [-0.3, -0.25) is 9.59 Å². The average molecular weight is 264 g/mol. The van der Waals surface area contributed by atoms with Gasteiger partial charge in [-0.05, 0) is 30.7 Å². The van der Waals surface area contributed by atoms with Crippen LogP contribution in [0.2, 0.25) is 5.02 Å². The van der Waals surface area contributed by atoms with Crippen LogP contribution < -0.4 is 10.9 Å². The van der Waals surface area contributed by atoms with Crippen LogP contribution >= 0.6 is 11.6 Å². The Morgan fingerprint density at radius 3 is 2.72 bits per heavy atom. The SMILES string of the molecule is Cc1ccc(NC(=O)c2ccc(=O)[nH]n2)c(Cl)c1. The van der Waals surface area contributed by atoms with E-state index in [-0.39, 0.29) is 11.3 Å². The van der Waals surface area contributed by atoms with Gasteiger partial charge in [0.25, 0.3) is 11.5 Å². The molecule has 18 heavy (non-hydrogen) atoms. The fourth-order valence-electron chi connectivity index (χ4n) is 1.38. The number of aromatic amines is 1.